The van der Waals surface area contributed by atoms with E-state index in [0.29, 0.717) is 5.75 Å². The monoisotopic (exact) mass is 262 g/mol. The van der Waals surface area contributed by atoms with Crippen molar-refractivity contribution >= 4 is 10.8 Å². The average molecular weight is 262 g/mol. The first-order chi connectivity index (χ1) is 9.81. The Morgan fingerprint density at radius 3 is 2.15 bits per heavy atom. The van der Waals surface area contributed by atoms with Crippen LogP contribution < -0.4 is 0 Å². The molecule has 0 aliphatic carbocycles. The number of phenolic OH excluding ortho intramolecular Hbond substituents is 1. The van der Waals surface area contributed by atoms with Crippen LogP contribution >= 0.6 is 0 Å². The third-order valence-corrected chi connectivity index (χ3v) is 2.99. The highest BCUT2D eigenvalue weighted by Gasteiger charge is 1.94. The van der Waals surface area contributed by atoms with Gasteiger partial charge in [-0.15, -0.1) is 6.58 Å². The fourth-order valence-corrected chi connectivity index (χ4v) is 1.99. The Hall–Kier alpha value is -2.54. The fraction of sp³-hybridized carbons (Fsp3) is 0.0526. The van der Waals surface area contributed by atoms with Crippen molar-refractivity contribution in [2.45, 2.75) is 6.42 Å². The van der Waals surface area contributed by atoms with Crippen molar-refractivity contribution in [2.75, 3.05) is 0 Å². The topological polar surface area (TPSA) is 20.2 Å². The summed E-state index contributed by atoms with van der Waals surface area (Å²) in [6, 6.07) is 23.6. The van der Waals surface area contributed by atoms with Gasteiger partial charge in [0.2, 0.25) is 0 Å². The quantitative estimate of drug-likeness (QED) is 0.647. The molecular formula is C19H18O. The predicted octanol–water partition coefficient (Wildman–Crippen LogP) is 4.96. The zero-order valence-electron chi connectivity index (χ0n) is 11.4. The van der Waals surface area contributed by atoms with Crippen LogP contribution in [0.15, 0.2) is 85.5 Å². The summed E-state index contributed by atoms with van der Waals surface area (Å²) in [5.41, 5.74) is 1.33. The van der Waals surface area contributed by atoms with Crippen molar-refractivity contribution in [1.82, 2.24) is 0 Å². The molecule has 0 aromatic heterocycles. The van der Waals surface area contributed by atoms with E-state index in [0.717, 1.165) is 17.2 Å². The summed E-state index contributed by atoms with van der Waals surface area (Å²) in [4.78, 5) is 0. The lowest BCUT2D eigenvalue weighted by Gasteiger charge is -1.97. The van der Waals surface area contributed by atoms with E-state index in [2.05, 4.69) is 18.7 Å². The summed E-state index contributed by atoms with van der Waals surface area (Å²) in [5.74, 6) is 0.350. The molecule has 0 radical (unpaired) electrons. The van der Waals surface area contributed by atoms with E-state index < -0.39 is 0 Å². The summed E-state index contributed by atoms with van der Waals surface area (Å²) < 4.78 is 0. The van der Waals surface area contributed by atoms with Crippen molar-refractivity contribution < 1.29 is 5.11 Å². The summed E-state index contributed by atoms with van der Waals surface area (Å²) in [6.45, 7) is 3.66. The molecule has 0 atom stereocenters. The number of hydrogen-bond donors (Lipinski definition) is 1. The predicted molar refractivity (Wildman–Crippen MR) is 86.0 cm³/mol. The van der Waals surface area contributed by atoms with Gasteiger partial charge in [0, 0.05) is 5.39 Å². The van der Waals surface area contributed by atoms with E-state index in [4.69, 9.17) is 0 Å². The van der Waals surface area contributed by atoms with Crippen molar-refractivity contribution in [3.63, 3.8) is 0 Å². The Labute approximate surface area is 119 Å². The number of benzene rings is 3. The van der Waals surface area contributed by atoms with Crippen LogP contribution in [-0.2, 0) is 6.42 Å². The SMILES string of the molecule is C=CCc1ccccc1.Oc1cccc2ccccc12. The second-order valence-electron chi connectivity index (χ2n) is 4.48. The molecule has 3 aromatic carbocycles. The molecule has 3 rings (SSSR count). The van der Waals surface area contributed by atoms with Crippen molar-refractivity contribution in [2.24, 2.45) is 0 Å². The lowest BCUT2D eigenvalue weighted by molar-refractivity contribution is 0.481. The molecule has 0 saturated carbocycles. The van der Waals surface area contributed by atoms with Crippen LogP contribution in [0.3, 0.4) is 0 Å². The first-order valence-electron chi connectivity index (χ1n) is 6.63. The van der Waals surface area contributed by atoms with Gasteiger partial charge in [-0.2, -0.15) is 0 Å². The summed E-state index contributed by atoms with van der Waals surface area (Å²) in [6.07, 6.45) is 2.89. The Bertz CT molecular complexity index is 666. The molecule has 3 aromatic rings. The number of rotatable bonds is 2. The number of allylic oxidation sites excluding steroid dienone is 1. The third kappa shape index (κ3) is 3.72. The number of phenols is 1. The van der Waals surface area contributed by atoms with Crippen molar-refractivity contribution in [1.29, 1.82) is 0 Å². The summed E-state index contributed by atoms with van der Waals surface area (Å²) in [5, 5.41) is 11.4. The van der Waals surface area contributed by atoms with Gasteiger partial charge in [-0.1, -0.05) is 72.8 Å². The van der Waals surface area contributed by atoms with E-state index in [1.54, 1.807) is 6.07 Å². The van der Waals surface area contributed by atoms with Crippen molar-refractivity contribution in [3.05, 3.63) is 91.0 Å². The van der Waals surface area contributed by atoms with Gasteiger partial charge in [0.25, 0.3) is 0 Å². The molecule has 20 heavy (non-hydrogen) atoms. The van der Waals surface area contributed by atoms with Crippen LogP contribution in [0.4, 0.5) is 0 Å². The highest BCUT2D eigenvalue weighted by atomic mass is 16.3. The maximum absolute atomic E-state index is 9.37. The average Bonchev–Trinajstić information content (AvgIpc) is 2.50. The van der Waals surface area contributed by atoms with Crippen LogP contribution in [0.25, 0.3) is 10.8 Å². The Morgan fingerprint density at radius 2 is 1.45 bits per heavy atom. The fourth-order valence-electron chi connectivity index (χ4n) is 1.99. The molecule has 0 heterocycles. The van der Waals surface area contributed by atoms with Gasteiger partial charge in [0.1, 0.15) is 5.75 Å². The molecular weight excluding hydrogens is 244 g/mol. The maximum Gasteiger partial charge on any atom is 0.123 e. The largest absolute Gasteiger partial charge is 0.507 e. The number of hydrogen-bond acceptors (Lipinski definition) is 1. The number of aromatic hydroxyl groups is 1. The molecule has 0 unspecified atom stereocenters. The minimum absolute atomic E-state index is 0.350. The highest BCUT2D eigenvalue weighted by Crippen LogP contribution is 2.22. The molecule has 1 nitrogen and oxygen atoms in total. The Morgan fingerprint density at radius 1 is 0.800 bits per heavy atom. The molecule has 0 amide bonds. The zero-order chi connectivity index (χ0) is 14.2. The van der Waals surface area contributed by atoms with Crippen LogP contribution in [0.2, 0.25) is 0 Å². The van der Waals surface area contributed by atoms with E-state index in [9.17, 15) is 5.11 Å². The minimum Gasteiger partial charge on any atom is -0.507 e. The lowest BCUT2D eigenvalue weighted by Crippen LogP contribution is -1.75. The highest BCUT2D eigenvalue weighted by molar-refractivity contribution is 5.87. The van der Waals surface area contributed by atoms with Gasteiger partial charge in [-0.3, -0.25) is 0 Å². The number of fused-ring (bicyclic) bond motifs is 1. The van der Waals surface area contributed by atoms with E-state index in [1.165, 1.54) is 5.56 Å². The van der Waals surface area contributed by atoms with Gasteiger partial charge in [-0.05, 0) is 23.4 Å². The van der Waals surface area contributed by atoms with Crippen LogP contribution in [0, 0.1) is 0 Å². The molecule has 0 bridgehead atoms. The second-order valence-corrected chi connectivity index (χ2v) is 4.48. The normalized spacial score (nSPS) is 9.60. The summed E-state index contributed by atoms with van der Waals surface area (Å²) in [7, 11) is 0. The van der Waals surface area contributed by atoms with Gasteiger partial charge < -0.3 is 5.11 Å². The van der Waals surface area contributed by atoms with Gasteiger partial charge in [-0.25, -0.2) is 0 Å². The molecule has 1 N–H and O–H groups in total. The third-order valence-electron chi connectivity index (χ3n) is 2.99. The zero-order valence-corrected chi connectivity index (χ0v) is 11.4. The van der Waals surface area contributed by atoms with E-state index in [-0.39, 0.29) is 0 Å². The molecule has 0 aliphatic heterocycles. The lowest BCUT2D eigenvalue weighted by atomic mass is 10.1. The van der Waals surface area contributed by atoms with Gasteiger partial charge >= 0.3 is 0 Å². The molecule has 100 valence electrons. The van der Waals surface area contributed by atoms with Crippen LogP contribution in [-0.4, -0.2) is 5.11 Å². The molecule has 1 heteroatoms. The first kappa shape index (κ1) is 13.9. The maximum atomic E-state index is 9.37. The van der Waals surface area contributed by atoms with Gasteiger partial charge in [0.15, 0.2) is 0 Å². The van der Waals surface area contributed by atoms with E-state index >= 15 is 0 Å². The van der Waals surface area contributed by atoms with E-state index in [1.807, 2.05) is 60.7 Å². The van der Waals surface area contributed by atoms with Crippen LogP contribution in [0.1, 0.15) is 5.56 Å². The molecule has 0 saturated heterocycles. The molecule has 0 fully saturated rings. The van der Waals surface area contributed by atoms with Crippen molar-refractivity contribution in [3.8, 4) is 5.75 Å². The Kier molecular flexibility index (Phi) is 4.96. The second kappa shape index (κ2) is 7.15. The molecule has 0 spiro atoms. The molecule has 0 aliphatic rings. The van der Waals surface area contributed by atoms with Gasteiger partial charge in [0.05, 0.1) is 0 Å². The Balaban J connectivity index is 0.000000151. The first-order valence-corrected chi connectivity index (χ1v) is 6.63. The summed E-state index contributed by atoms with van der Waals surface area (Å²) >= 11 is 0. The minimum atomic E-state index is 0.350. The van der Waals surface area contributed by atoms with Crippen LogP contribution in [0.5, 0.6) is 5.75 Å². The standard InChI is InChI=1S/C10H8O.C9H10/c11-10-7-3-5-8-4-1-2-6-9(8)10;1-2-6-9-7-4-3-5-8-9/h1-7,11H;2-5,7-8H,1,6H2. The smallest absolute Gasteiger partial charge is 0.123 e.